The molecule has 0 aromatic heterocycles. The second kappa shape index (κ2) is 8.69. The first-order chi connectivity index (χ1) is 12.5. The Hall–Kier alpha value is -1.15. The molecule has 8 heteroatoms. The zero-order valence-corrected chi connectivity index (χ0v) is 16.4. The van der Waals surface area contributed by atoms with Crippen LogP contribution >= 0.6 is 23.2 Å². The third kappa shape index (κ3) is 4.76. The highest BCUT2D eigenvalue weighted by Crippen LogP contribution is 2.30. The molecule has 0 saturated carbocycles. The minimum absolute atomic E-state index is 0.0914. The average Bonchev–Trinajstić information content (AvgIpc) is 2.62. The average molecular weight is 415 g/mol. The molecule has 1 saturated heterocycles. The van der Waals surface area contributed by atoms with E-state index in [0.29, 0.717) is 19.8 Å². The number of ether oxygens (including phenoxy) is 1. The molecule has 0 amide bonds. The Kier molecular flexibility index (Phi) is 6.55. The van der Waals surface area contributed by atoms with Gasteiger partial charge in [-0.15, -0.1) is 0 Å². The number of hydrogen-bond donors (Lipinski definition) is 1. The molecule has 3 rings (SSSR count). The van der Waals surface area contributed by atoms with E-state index >= 15 is 0 Å². The molecule has 0 spiro atoms. The Morgan fingerprint density at radius 3 is 2.23 bits per heavy atom. The standard InChI is InChI=1S/C18H20Cl2N2O3S/c19-15-7-4-8-16(20)18(15)26(23,24)21-17(14-5-2-1-3-6-14)13-22-9-11-25-12-10-22/h1-8,17,21H,9-13H2. The Morgan fingerprint density at radius 1 is 1.00 bits per heavy atom. The van der Waals surface area contributed by atoms with Crippen LogP contribution in [0.1, 0.15) is 11.6 Å². The van der Waals surface area contributed by atoms with Gasteiger partial charge in [0.25, 0.3) is 0 Å². The highest BCUT2D eigenvalue weighted by molar-refractivity contribution is 7.89. The van der Waals surface area contributed by atoms with Gasteiger partial charge in [-0.1, -0.05) is 59.6 Å². The first-order valence-electron chi connectivity index (χ1n) is 8.29. The molecule has 0 radical (unpaired) electrons. The van der Waals surface area contributed by atoms with Crippen LogP contribution < -0.4 is 4.72 Å². The summed E-state index contributed by atoms with van der Waals surface area (Å²) in [7, 11) is -3.89. The molecule has 1 aliphatic rings. The van der Waals surface area contributed by atoms with E-state index in [1.807, 2.05) is 30.3 Å². The van der Waals surface area contributed by atoms with E-state index < -0.39 is 16.1 Å². The van der Waals surface area contributed by atoms with Gasteiger partial charge in [0.15, 0.2) is 0 Å². The Balaban J connectivity index is 1.89. The van der Waals surface area contributed by atoms with Gasteiger partial charge in [-0.25, -0.2) is 13.1 Å². The molecule has 1 atom stereocenters. The first-order valence-corrected chi connectivity index (χ1v) is 10.5. The summed E-state index contributed by atoms with van der Waals surface area (Å²) < 4.78 is 34.1. The monoisotopic (exact) mass is 414 g/mol. The fourth-order valence-corrected chi connectivity index (χ4v) is 5.28. The second-order valence-corrected chi connectivity index (χ2v) is 8.51. The highest BCUT2D eigenvalue weighted by Gasteiger charge is 2.27. The summed E-state index contributed by atoms with van der Waals surface area (Å²) in [5.41, 5.74) is 0.880. The molecule has 2 aromatic carbocycles. The largest absolute Gasteiger partial charge is 0.379 e. The van der Waals surface area contributed by atoms with Crippen molar-refractivity contribution in [1.29, 1.82) is 0 Å². The van der Waals surface area contributed by atoms with Crippen molar-refractivity contribution in [3.8, 4) is 0 Å². The molecule has 1 aliphatic heterocycles. The molecule has 2 aromatic rings. The summed E-state index contributed by atoms with van der Waals surface area (Å²) in [6, 6.07) is 13.7. The summed E-state index contributed by atoms with van der Waals surface area (Å²) in [6.45, 7) is 3.35. The number of sulfonamides is 1. The van der Waals surface area contributed by atoms with Crippen LogP contribution in [0.2, 0.25) is 10.0 Å². The maximum absolute atomic E-state index is 13.0. The molecule has 5 nitrogen and oxygen atoms in total. The van der Waals surface area contributed by atoms with Gasteiger partial charge in [0.2, 0.25) is 10.0 Å². The fourth-order valence-electron chi connectivity index (χ4n) is 2.92. The minimum atomic E-state index is -3.89. The summed E-state index contributed by atoms with van der Waals surface area (Å²) in [5.74, 6) is 0. The van der Waals surface area contributed by atoms with Gasteiger partial charge in [-0.2, -0.15) is 0 Å². The van der Waals surface area contributed by atoms with Gasteiger partial charge in [-0.05, 0) is 17.7 Å². The smallest absolute Gasteiger partial charge is 0.244 e. The van der Waals surface area contributed by atoms with Gasteiger partial charge in [0.1, 0.15) is 4.90 Å². The van der Waals surface area contributed by atoms with E-state index in [9.17, 15) is 8.42 Å². The molecule has 26 heavy (non-hydrogen) atoms. The lowest BCUT2D eigenvalue weighted by Crippen LogP contribution is -2.43. The number of hydrogen-bond acceptors (Lipinski definition) is 4. The number of rotatable bonds is 6. The van der Waals surface area contributed by atoms with Crippen molar-refractivity contribution in [2.75, 3.05) is 32.8 Å². The quantitative estimate of drug-likeness (QED) is 0.786. The normalized spacial score (nSPS) is 17.2. The molecular formula is C18H20Cl2N2O3S. The van der Waals surface area contributed by atoms with Crippen LogP contribution in [0, 0.1) is 0 Å². The summed E-state index contributed by atoms with van der Waals surface area (Å²) in [6.07, 6.45) is 0. The number of nitrogens with one attached hydrogen (secondary N) is 1. The maximum Gasteiger partial charge on any atom is 0.244 e. The van der Waals surface area contributed by atoms with E-state index in [1.54, 1.807) is 6.07 Å². The summed E-state index contributed by atoms with van der Waals surface area (Å²) in [5, 5.41) is 0.200. The minimum Gasteiger partial charge on any atom is -0.379 e. The third-order valence-corrected chi connectivity index (χ3v) is 6.66. The van der Waals surface area contributed by atoms with Crippen molar-refractivity contribution in [2.24, 2.45) is 0 Å². The van der Waals surface area contributed by atoms with Crippen molar-refractivity contribution in [3.63, 3.8) is 0 Å². The van der Waals surface area contributed by atoms with Crippen molar-refractivity contribution in [2.45, 2.75) is 10.9 Å². The molecule has 0 aliphatic carbocycles. The van der Waals surface area contributed by atoms with Crippen molar-refractivity contribution < 1.29 is 13.2 Å². The lowest BCUT2D eigenvalue weighted by Gasteiger charge is -2.31. The SMILES string of the molecule is O=S(=O)(NC(CN1CCOCC1)c1ccccc1)c1c(Cl)cccc1Cl. The number of halogens is 2. The number of morpholine rings is 1. The first kappa shape index (κ1) is 19.6. The predicted molar refractivity (Wildman–Crippen MR) is 103 cm³/mol. The van der Waals surface area contributed by atoms with Gasteiger partial charge in [0, 0.05) is 19.6 Å². The van der Waals surface area contributed by atoms with E-state index in [4.69, 9.17) is 27.9 Å². The van der Waals surface area contributed by atoms with E-state index in [1.165, 1.54) is 12.1 Å². The Morgan fingerprint density at radius 2 is 1.62 bits per heavy atom. The van der Waals surface area contributed by atoms with Crippen LogP contribution in [-0.2, 0) is 14.8 Å². The third-order valence-electron chi connectivity index (χ3n) is 4.23. The lowest BCUT2D eigenvalue weighted by atomic mass is 10.1. The van der Waals surface area contributed by atoms with Gasteiger partial charge >= 0.3 is 0 Å². The van der Waals surface area contributed by atoms with Crippen molar-refractivity contribution >= 4 is 33.2 Å². The fraction of sp³-hybridized carbons (Fsp3) is 0.333. The number of benzene rings is 2. The van der Waals surface area contributed by atoms with Crippen LogP contribution in [0.5, 0.6) is 0 Å². The van der Waals surface area contributed by atoms with Crippen molar-refractivity contribution in [1.82, 2.24) is 9.62 Å². The molecule has 1 heterocycles. The zero-order chi connectivity index (χ0) is 18.6. The van der Waals surface area contributed by atoms with Gasteiger partial charge in [-0.3, -0.25) is 4.90 Å². The van der Waals surface area contributed by atoms with E-state index in [2.05, 4.69) is 9.62 Å². The van der Waals surface area contributed by atoms with E-state index in [-0.39, 0.29) is 14.9 Å². The lowest BCUT2D eigenvalue weighted by molar-refractivity contribution is 0.0345. The summed E-state index contributed by atoms with van der Waals surface area (Å²) >= 11 is 12.2. The topological polar surface area (TPSA) is 58.6 Å². The highest BCUT2D eigenvalue weighted by atomic mass is 35.5. The molecule has 1 unspecified atom stereocenters. The Labute approximate surface area is 163 Å². The second-order valence-electron chi connectivity index (χ2n) is 6.05. The van der Waals surface area contributed by atoms with Gasteiger partial charge in [0.05, 0.1) is 29.3 Å². The maximum atomic E-state index is 13.0. The van der Waals surface area contributed by atoms with Crippen molar-refractivity contribution in [3.05, 3.63) is 64.1 Å². The molecule has 1 fully saturated rings. The van der Waals surface area contributed by atoms with Crippen LogP contribution in [-0.4, -0.2) is 46.2 Å². The zero-order valence-electron chi connectivity index (χ0n) is 14.1. The van der Waals surface area contributed by atoms with Crippen LogP contribution in [0.15, 0.2) is 53.4 Å². The summed E-state index contributed by atoms with van der Waals surface area (Å²) in [4.78, 5) is 2.09. The molecule has 140 valence electrons. The molecular weight excluding hydrogens is 395 g/mol. The van der Waals surface area contributed by atoms with Crippen LogP contribution in [0.25, 0.3) is 0 Å². The van der Waals surface area contributed by atoms with Gasteiger partial charge < -0.3 is 4.74 Å². The molecule has 0 bridgehead atoms. The van der Waals surface area contributed by atoms with Crippen LogP contribution in [0.3, 0.4) is 0 Å². The predicted octanol–water partition coefficient (Wildman–Crippen LogP) is 3.35. The number of nitrogens with zero attached hydrogens (tertiary/aromatic N) is 1. The van der Waals surface area contributed by atoms with Crippen LogP contribution in [0.4, 0.5) is 0 Å². The van der Waals surface area contributed by atoms with E-state index in [0.717, 1.165) is 18.7 Å². The molecule has 1 N–H and O–H groups in total. The Bertz CT molecular complexity index is 821.